The number of aryl methyl sites for hydroxylation is 1. The maximum atomic E-state index is 11.4. The highest BCUT2D eigenvalue weighted by Gasteiger charge is 2.09. The molecule has 0 aromatic carbocycles. The lowest BCUT2D eigenvalue weighted by Gasteiger charge is -2.07. The van der Waals surface area contributed by atoms with E-state index in [4.69, 9.17) is 5.73 Å². The standard InChI is InChI=1S/C11H21N5O/c1-4-9(12)10-7-16(15-14-10)6-5-11(17)13-8(2)3/h7-9H,4-6,12H2,1-3H3,(H,13,17). The van der Waals surface area contributed by atoms with E-state index in [1.165, 1.54) is 0 Å². The average Bonchev–Trinajstić information content (AvgIpc) is 2.73. The molecule has 1 aromatic heterocycles. The van der Waals surface area contributed by atoms with Crippen LogP contribution in [-0.2, 0) is 11.3 Å². The molecule has 0 aliphatic carbocycles. The van der Waals surface area contributed by atoms with Crippen molar-refractivity contribution < 1.29 is 4.79 Å². The van der Waals surface area contributed by atoms with E-state index >= 15 is 0 Å². The minimum Gasteiger partial charge on any atom is -0.354 e. The fourth-order valence-electron chi connectivity index (χ4n) is 1.41. The van der Waals surface area contributed by atoms with E-state index in [9.17, 15) is 4.79 Å². The van der Waals surface area contributed by atoms with Crippen LogP contribution < -0.4 is 11.1 Å². The van der Waals surface area contributed by atoms with Crippen molar-refractivity contribution in [3.8, 4) is 0 Å². The number of nitrogens with two attached hydrogens (primary N) is 1. The van der Waals surface area contributed by atoms with Crippen molar-refractivity contribution in [3.05, 3.63) is 11.9 Å². The molecule has 1 amide bonds. The first kappa shape index (κ1) is 13.6. The molecule has 0 spiro atoms. The summed E-state index contributed by atoms with van der Waals surface area (Å²) in [4.78, 5) is 11.4. The maximum absolute atomic E-state index is 11.4. The Morgan fingerprint density at radius 2 is 2.29 bits per heavy atom. The molecule has 0 aliphatic heterocycles. The topological polar surface area (TPSA) is 85.8 Å². The Kier molecular flexibility index (Phi) is 5.09. The second-order valence-electron chi connectivity index (χ2n) is 4.39. The monoisotopic (exact) mass is 239 g/mol. The van der Waals surface area contributed by atoms with Gasteiger partial charge in [-0.2, -0.15) is 0 Å². The molecule has 1 aromatic rings. The summed E-state index contributed by atoms with van der Waals surface area (Å²) < 4.78 is 1.66. The van der Waals surface area contributed by atoms with Gasteiger partial charge in [0.05, 0.1) is 24.5 Å². The number of nitrogens with zero attached hydrogens (tertiary/aromatic N) is 3. The van der Waals surface area contributed by atoms with E-state index in [0.29, 0.717) is 13.0 Å². The molecule has 1 heterocycles. The van der Waals surface area contributed by atoms with Gasteiger partial charge in [-0.1, -0.05) is 12.1 Å². The van der Waals surface area contributed by atoms with Crippen molar-refractivity contribution in [1.29, 1.82) is 0 Å². The van der Waals surface area contributed by atoms with Gasteiger partial charge in [-0.05, 0) is 20.3 Å². The predicted molar refractivity (Wildman–Crippen MR) is 65.1 cm³/mol. The number of hydrogen-bond acceptors (Lipinski definition) is 4. The Labute approximate surface area is 102 Å². The molecule has 0 aliphatic rings. The van der Waals surface area contributed by atoms with E-state index in [-0.39, 0.29) is 18.0 Å². The maximum Gasteiger partial charge on any atom is 0.222 e. The van der Waals surface area contributed by atoms with Gasteiger partial charge in [-0.25, -0.2) is 0 Å². The molecule has 0 radical (unpaired) electrons. The van der Waals surface area contributed by atoms with Crippen LogP contribution in [0.1, 0.15) is 45.3 Å². The number of rotatable bonds is 6. The molecule has 0 fully saturated rings. The van der Waals surface area contributed by atoms with Crippen LogP contribution in [0.25, 0.3) is 0 Å². The lowest BCUT2D eigenvalue weighted by Crippen LogP contribution is -2.30. The van der Waals surface area contributed by atoms with Gasteiger partial charge in [0.2, 0.25) is 5.91 Å². The summed E-state index contributed by atoms with van der Waals surface area (Å²) >= 11 is 0. The summed E-state index contributed by atoms with van der Waals surface area (Å²) in [5.74, 6) is 0.0249. The second kappa shape index (κ2) is 6.34. The van der Waals surface area contributed by atoms with Crippen molar-refractivity contribution in [2.75, 3.05) is 0 Å². The van der Waals surface area contributed by atoms with Gasteiger partial charge >= 0.3 is 0 Å². The van der Waals surface area contributed by atoms with Crippen LogP contribution in [0.15, 0.2) is 6.20 Å². The largest absolute Gasteiger partial charge is 0.354 e. The van der Waals surface area contributed by atoms with Crippen LogP contribution in [0.4, 0.5) is 0 Å². The van der Waals surface area contributed by atoms with Crippen molar-refractivity contribution in [2.24, 2.45) is 5.73 Å². The summed E-state index contributed by atoms with van der Waals surface area (Å²) in [6.45, 7) is 6.40. The Morgan fingerprint density at radius 3 is 2.88 bits per heavy atom. The highest BCUT2D eigenvalue weighted by atomic mass is 16.1. The van der Waals surface area contributed by atoms with Crippen molar-refractivity contribution >= 4 is 5.91 Å². The molecular weight excluding hydrogens is 218 g/mol. The van der Waals surface area contributed by atoms with Crippen molar-refractivity contribution in [2.45, 2.75) is 52.2 Å². The van der Waals surface area contributed by atoms with Gasteiger partial charge in [0.1, 0.15) is 0 Å². The Hall–Kier alpha value is -1.43. The lowest BCUT2D eigenvalue weighted by molar-refractivity contribution is -0.121. The Morgan fingerprint density at radius 1 is 1.59 bits per heavy atom. The van der Waals surface area contributed by atoms with Crippen LogP contribution in [0, 0.1) is 0 Å². The van der Waals surface area contributed by atoms with Crippen LogP contribution in [0.3, 0.4) is 0 Å². The molecule has 0 saturated heterocycles. The van der Waals surface area contributed by atoms with Crippen LogP contribution >= 0.6 is 0 Å². The summed E-state index contributed by atoms with van der Waals surface area (Å²) in [6.07, 6.45) is 3.03. The van der Waals surface area contributed by atoms with E-state index in [1.54, 1.807) is 10.9 Å². The SMILES string of the molecule is CCC(N)c1cn(CCC(=O)NC(C)C)nn1. The van der Waals surface area contributed by atoms with Gasteiger partial charge in [-0.3, -0.25) is 9.48 Å². The minimum absolute atomic E-state index is 0.0249. The van der Waals surface area contributed by atoms with Gasteiger partial charge < -0.3 is 11.1 Å². The molecule has 1 atom stereocenters. The quantitative estimate of drug-likeness (QED) is 0.761. The predicted octanol–water partition coefficient (Wildman–Crippen LogP) is 0.603. The number of amides is 1. The zero-order valence-corrected chi connectivity index (χ0v) is 10.7. The molecule has 6 heteroatoms. The highest BCUT2D eigenvalue weighted by molar-refractivity contribution is 5.76. The van der Waals surface area contributed by atoms with Gasteiger partial charge in [-0.15, -0.1) is 5.10 Å². The molecule has 0 bridgehead atoms. The number of aromatic nitrogens is 3. The van der Waals surface area contributed by atoms with Crippen molar-refractivity contribution in [3.63, 3.8) is 0 Å². The van der Waals surface area contributed by atoms with E-state index in [1.807, 2.05) is 20.8 Å². The molecule has 96 valence electrons. The van der Waals surface area contributed by atoms with E-state index in [0.717, 1.165) is 12.1 Å². The first-order valence-corrected chi connectivity index (χ1v) is 5.98. The number of hydrogen-bond donors (Lipinski definition) is 2. The molecule has 3 N–H and O–H groups in total. The fourth-order valence-corrected chi connectivity index (χ4v) is 1.41. The molecular formula is C11H21N5O. The first-order chi connectivity index (χ1) is 8.02. The number of nitrogens with one attached hydrogen (secondary N) is 1. The number of carbonyl (C=O) groups is 1. The van der Waals surface area contributed by atoms with Gasteiger partial charge in [0.25, 0.3) is 0 Å². The van der Waals surface area contributed by atoms with Crippen LogP contribution in [-0.4, -0.2) is 26.9 Å². The van der Waals surface area contributed by atoms with Crippen molar-refractivity contribution in [1.82, 2.24) is 20.3 Å². The smallest absolute Gasteiger partial charge is 0.222 e. The number of carbonyl (C=O) groups excluding carboxylic acids is 1. The van der Waals surface area contributed by atoms with Crippen LogP contribution in [0.5, 0.6) is 0 Å². The first-order valence-electron chi connectivity index (χ1n) is 5.98. The zero-order chi connectivity index (χ0) is 12.8. The Bertz CT molecular complexity index is 360. The second-order valence-corrected chi connectivity index (χ2v) is 4.39. The van der Waals surface area contributed by atoms with Gasteiger partial charge in [0, 0.05) is 12.5 Å². The normalized spacial score (nSPS) is 12.8. The van der Waals surface area contributed by atoms with E-state index in [2.05, 4.69) is 15.6 Å². The van der Waals surface area contributed by atoms with E-state index < -0.39 is 0 Å². The third kappa shape index (κ3) is 4.52. The summed E-state index contributed by atoms with van der Waals surface area (Å²) in [5, 5.41) is 10.8. The molecule has 1 unspecified atom stereocenters. The minimum atomic E-state index is -0.0757. The van der Waals surface area contributed by atoms with Gasteiger partial charge in [0.15, 0.2) is 0 Å². The average molecular weight is 239 g/mol. The Balaban J connectivity index is 2.42. The molecule has 17 heavy (non-hydrogen) atoms. The summed E-state index contributed by atoms with van der Waals surface area (Å²) in [6, 6.07) is 0.0931. The molecule has 0 saturated carbocycles. The molecule has 1 rings (SSSR count). The summed E-state index contributed by atoms with van der Waals surface area (Å²) in [7, 11) is 0. The van der Waals surface area contributed by atoms with Crippen LogP contribution in [0.2, 0.25) is 0 Å². The third-order valence-electron chi connectivity index (χ3n) is 2.39. The highest BCUT2D eigenvalue weighted by Crippen LogP contribution is 2.08. The summed E-state index contributed by atoms with van der Waals surface area (Å²) in [5.41, 5.74) is 6.61. The molecule has 6 nitrogen and oxygen atoms in total. The zero-order valence-electron chi connectivity index (χ0n) is 10.7. The lowest BCUT2D eigenvalue weighted by atomic mass is 10.2. The third-order valence-corrected chi connectivity index (χ3v) is 2.39. The fraction of sp³-hybridized carbons (Fsp3) is 0.727.